The lowest BCUT2D eigenvalue weighted by Gasteiger charge is -2.12. The molecule has 0 spiro atoms. The van der Waals surface area contributed by atoms with E-state index < -0.39 is 0 Å². The minimum atomic E-state index is 1.08. The van der Waals surface area contributed by atoms with E-state index in [1.54, 1.807) is 0 Å². The molecule has 31 heavy (non-hydrogen) atoms. The average molecular weight is 402 g/mol. The van der Waals surface area contributed by atoms with Crippen LogP contribution in [0.1, 0.15) is 19.4 Å². The molecule has 0 bridgehead atoms. The molecule has 0 saturated heterocycles. The molecule has 0 heterocycles. The molecule has 0 atom stereocenters. The van der Waals surface area contributed by atoms with Crippen LogP contribution < -0.4 is 5.32 Å². The van der Waals surface area contributed by atoms with Crippen LogP contribution in [0.5, 0.6) is 0 Å². The van der Waals surface area contributed by atoms with E-state index in [1.165, 1.54) is 33.4 Å². The van der Waals surface area contributed by atoms with Crippen LogP contribution in [0, 0.1) is 0 Å². The van der Waals surface area contributed by atoms with Crippen LogP contribution in [-0.2, 0) is 0 Å². The Hall–Kier alpha value is -3.84. The van der Waals surface area contributed by atoms with Crippen LogP contribution >= 0.6 is 0 Å². The maximum absolute atomic E-state index is 3.51. The van der Waals surface area contributed by atoms with Crippen LogP contribution in [0.3, 0.4) is 0 Å². The van der Waals surface area contributed by atoms with Crippen molar-refractivity contribution >= 4 is 16.9 Å². The number of benzene rings is 4. The number of anilines is 2. The molecule has 0 aliphatic heterocycles. The third-order valence-electron chi connectivity index (χ3n) is 5.37. The van der Waals surface area contributed by atoms with E-state index in [0.29, 0.717) is 0 Å². The third-order valence-corrected chi connectivity index (χ3v) is 5.37. The predicted molar refractivity (Wildman–Crippen MR) is 136 cm³/mol. The van der Waals surface area contributed by atoms with Gasteiger partial charge in [-0.2, -0.15) is 0 Å². The highest BCUT2D eigenvalue weighted by molar-refractivity contribution is 5.84. The summed E-state index contributed by atoms with van der Waals surface area (Å²) < 4.78 is 0. The molecule has 0 aliphatic rings. The Balaban J connectivity index is 1.54. The Morgan fingerprint density at radius 3 is 1.65 bits per heavy atom. The number of hydrogen-bond donors (Lipinski definition) is 1. The lowest BCUT2D eigenvalue weighted by molar-refractivity contribution is 1.52. The summed E-state index contributed by atoms with van der Waals surface area (Å²) in [5.74, 6) is 0. The second-order valence-corrected chi connectivity index (χ2v) is 7.44. The molecule has 0 radical (unpaired) electrons. The normalized spacial score (nSPS) is 11.6. The van der Waals surface area contributed by atoms with Crippen molar-refractivity contribution in [3.63, 3.8) is 0 Å². The molecule has 4 aromatic rings. The lowest BCUT2D eigenvalue weighted by atomic mass is 9.94. The van der Waals surface area contributed by atoms with Gasteiger partial charge in [-0.05, 0) is 71.5 Å². The monoisotopic (exact) mass is 401 g/mol. The maximum Gasteiger partial charge on any atom is 0.0384 e. The largest absolute Gasteiger partial charge is 0.356 e. The van der Waals surface area contributed by atoms with Gasteiger partial charge in [0.05, 0.1) is 0 Å². The van der Waals surface area contributed by atoms with Crippen molar-refractivity contribution in [1.29, 1.82) is 0 Å². The van der Waals surface area contributed by atoms with Crippen LogP contribution in [0.4, 0.5) is 11.4 Å². The second-order valence-electron chi connectivity index (χ2n) is 7.44. The molecular formula is C30H27N. The molecule has 0 amide bonds. The van der Waals surface area contributed by atoms with Gasteiger partial charge in [0.2, 0.25) is 0 Å². The smallest absolute Gasteiger partial charge is 0.0384 e. The summed E-state index contributed by atoms with van der Waals surface area (Å²) in [6, 6.07) is 36.3. The third kappa shape index (κ3) is 4.84. The summed E-state index contributed by atoms with van der Waals surface area (Å²) in [7, 11) is 0. The van der Waals surface area contributed by atoms with Gasteiger partial charge in [-0.25, -0.2) is 0 Å². The first-order chi connectivity index (χ1) is 15.3. The molecule has 1 nitrogen and oxygen atoms in total. The predicted octanol–water partition coefficient (Wildman–Crippen LogP) is 8.74. The highest BCUT2D eigenvalue weighted by atomic mass is 14.9. The molecule has 0 aliphatic carbocycles. The first-order valence-electron chi connectivity index (χ1n) is 10.7. The van der Waals surface area contributed by atoms with Crippen LogP contribution in [0.15, 0.2) is 121 Å². The van der Waals surface area contributed by atoms with Crippen molar-refractivity contribution in [2.24, 2.45) is 0 Å². The van der Waals surface area contributed by atoms with Gasteiger partial charge in [0.15, 0.2) is 0 Å². The van der Waals surface area contributed by atoms with Gasteiger partial charge in [0, 0.05) is 11.4 Å². The Morgan fingerprint density at radius 1 is 0.581 bits per heavy atom. The van der Waals surface area contributed by atoms with E-state index in [2.05, 4.69) is 134 Å². The minimum Gasteiger partial charge on any atom is -0.356 e. The van der Waals surface area contributed by atoms with Crippen LogP contribution in [0.2, 0.25) is 0 Å². The fourth-order valence-electron chi connectivity index (χ4n) is 3.79. The van der Waals surface area contributed by atoms with Crippen molar-refractivity contribution in [2.75, 3.05) is 5.32 Å². The summed E-state index contributed by atoms with van der Waals surface area (Å²) in [6.07, 6.45) is 6.34. The number of allylic oxidation sites excluding steroid dienone is 4. The quantitative estimate of drug-likeness (QED) is 0.318. The van der Waals surface area contributed by atoms with E-state index in [1.807, 2.05) is 6.92 Å². The molecule has 152 valence electrons. The molecular weight excluding hydrogens is 374 g/mol. The van der Waals surface area contributed by atoms with Crippen molar-refractivity contribution < 1.29 is 0 Å². The Labute approximate surface area is 185 Å². The molecule has 0 saturated carbocycles. The van der Waals surface area contributed by atoms with Gasteiger partial charge in [0.1, 0.15) is 0 Å². The number of hydrogen-bond acceptors (Lipinski definition) is 1. The molecule has 1 N–H and O–H groups in total. The zero-order valence-corrected chi connectivity index (χ0v) is 18.0. The maximum atomic E-state index is 3.51. The Morgan fingerprint density at radius 2 is 1.10 bits per heavy atom. The van der Waals surface area contributed by atoms with Crippen LogP contribution in [-0.4, -0.2) is 0 Å². The Kier molecular flexibility index (Phi) is 6.44. The van der Waals surface area contributed by atoms with Crippen LogP contribution in [0.25, 0.3) is 27.8 Å². The van der Waals surface area contributed by atoms with E-state index in [9.17, 15) is 0 Å². The van der Waals surface area contributed by atoms with Gasteiger partial charge < -0.3 is 5.32 Å². The zero-order valence-electron chi connectivity index (χ0n) is 18.0. The van der Waals surface area contributed by atoms with Gasteiger partial charge in [0.25, 0.3) is 0 Å². The van der Waals surface area contributed by atoms with E-state index >= 15 is 0 Å². The average Bonchev–Trinajstić information content (AvgIpc) is 2.84. The number of nitrogens with one attached hydrogen (secondary N) is 1. The second kappa shape index (κ2) is 9.77. The first kappa shape index (κ1) is 20.4. The fourth-order valence-corrected chi connectivity index (χ4v) is 3.79. The summed E-state index contributed by atoms with van der Waals surface area (Å²) in [5, 5.41) is 3.51. The standard InChI is InChI=1S/C30H27N/c1-3-10-23(4-2)24-15-19-27(20-16-24)31-28-21-17-26(18-22-28)30-14-9-8-13-29(30)25-11-6-5-7-12-25/h3-22,31H,1-2H3/b10-3-,23-4+. The van der Waals surface area contributed by atoms with E-state index in [4.69, 9.17) is 0 Å². The summed E-state index contributed by atoms with van der Waals surface area (Å²) >= 11 is 0. The molecule has 4 aromatic carbocycles. The minimum absolute atomic E-state index is 1.08. The highest BCUT2D eigenvalue weighted by Gasteiger charge is 2.07. The highest BCUT2D eigenvalue weighted by Crippen LogP contribution is 2.32. The van der Waals surface area contributed by atoms with E-state index in [-0.39, 0.29) is 0 Å². The molecule has 4 rings (SSSR count). The molecule has 0 fully saturated rings. The number of rotatable bonds is 6. The lowest BCUT2D eigenvalue weighted by Crippen LogP contribution is -1.91. The Bertz CT molecular complexity index is 1180. The zero-order chi connectivity index (χ0) is 21.5. The van der Waals surface area contributed by atoms with Gasteiger partial charge in [-0.3, -0.25) is 0 Å². The SMILES string of the molecule is C/C=C\C(=C/C)c1ccc(Nc2ccc(-c3ccccc3-c3ccccc3)cc2)cc1. The first-order valence-corrected chi connectivity index (χ1v) is 10.7. The van der Waals surface area contributed by atoms with Gasteiger partial charge in [-0.1, -0.05) is 97.1 Å². The summed E-state index contributed by atoms with van der Waals surface area (Å²) in [6.45, 7) is 4.11. The van der Waals surface area contributed by atoms with Gasteiger partial charge in [-0.15, -0.1) is 0 Å². The fraction of sp³-hybridized carbons (Fsp3) is 0.0667. The van der Waals surface area contributed by atoms with E-state index in [0.717, 1.165) is 11.4 Å². The molecule has 1 heteroatoms. The van der Waals surface area contributed by atoms with Crippen molar-refractivity contribution in [2.45, 2.75) is 13.8 Å². The summed E-state index contributed by atoms with van der Waals surface area (Å²) in [5.41, 5.74) is 9.55. The van der Waals surface area contributed by atoms with Crippen molar-refractivity contribution in [3.8, 4) is 22.3 Å². The van der Waals surface area contributed by atoms with Gasteiger partial charge >= 0.3 is 0 Å². The summed E-state index contributed by atoms with van der Waals surface area (Å²) in [4.78, 5) is 0. The molecule has 0 aromatic heterocycles. The van der Waals surface area contributed by atoms with Crippen molar-refractivity contribution in [3.05, 3.63) is 127 Å². The molecule has 0 unspecified atom stereocenters. The topological polar surface area (TPSA) is 12.0 Å². The van der Waals surface area contributed by atoms with Crippen molar-refractivity contribution in [1.82, 2.24) is 0 Å².